The molecule has 0 radical (unpaired) electrons. The molecule has 6 nitrogen and oxygen atoms in total. The molecule has 0 atom stereocenters. The molecule has 0 saturated carbocycles. The number of aromatic nitrogens is 2. The molecule has 26 heavy (non-hydrogen) atoms. The van der Waals surface area contributed by atoms with E-state index in [2.05, 4.69) is 9.97 Å². The predicted molar refractivity (Wildman–Crippen MR) is 100 cm³/mol. The molecular weight excluding hydrogens is 350 g/mol. The number of H-pyrrole nitrogens is 1. The lowest BCUT2D eigenvalue weighted by Crippen LogP contribution is -2.28. The van der Waals surface area contributed by atoms with Crippen molar-refractivity contribution >= 4 is 27.5 Å². The van der Waals surface area contributed by atoms with Crippen LogP contribution in [0, 0.1) is 0 Å². The Labute approximate surface area is 152 Å². The summed E-state index contributed by atoms with van der Waals surface area (Å²) in [6.07, 6.45) is 1.50. The molecule has 130 valence electrons. The molecule has 1 N–H and O–H groups in total. The highest BCUT2D eigenvalue weighted by atomic mass is 32.1. The highest BCUT2D eigenvalue weighted by Gasteiger charge is 2.21. The van der Waals surface area contributed by atoms with Crippen LogP contribution in [-0.2, 0) is 6.54 Å². The molecule has 3 heterocycles. The summed E-state index contributed by atoms with van der Waals surface area (Å²) in [5.41, 5.74) is 2.09. The van der Waals surface area contributed by atoms with Crippen molar-refractivity contribution in [2.24, 2.45) is 0 Å². The number of rotatable bonds is 4. The smallest absolute Gasteiger partial charge is 0.290 e. The SMILES string of the molecule is CN(Cc1nc2ccsc2c(=O)[nH]1)C(=O)c1occc1-c1ccccc1. The van der Waals surface area contributed by atoms with Crippen molar-refractivity contribution in [3.8, 4) is 11.1 Å². The zero-order chi connectivity index (χ0) is 18.1. The maximum Gasteiger partial charge on any atom is 0.290 e. The van der Waals surface area contributed by atoms with Gasteiger partial charge in [-0.1, -0.05) is 30.3 Å². The fraction of sp³-hybridized carbons (Fsp3) is 0.105. The van der Waals surface area contributed by atoms with Gasteiger partial charge in [-0.3, -0.25) is 9.59 Å². The van der Waals surface area contributed by atoms with Gasteiger partial charge in [0.2, 0.25) is 0 Å². The quantitative estimate of drug-likeness (QED) is 0.600. The molecule has 4 aromatic rings. The first-order valence-electron chi connectivity index (χ1n) is 7.98. The van der Waals surface area contributed by atoms with Gasteiger partial charge in [0.25, 0.3) is 11.5 Å². The van der Waals surface area contributed by atoms with E-state index in [1.54, 1.807) is 19.2 Å². The zero-order valence-electron chi connectivity index (χ0n) is 13.9. The van der Waals surface area contributed by atoms with E-state index in [0.29, 0.717) is 16.0 Å². The minimum absolute atomic E-state index is 0.175. The van der Waals surface area contributed by atoms with E-state index in [4.69, 9.17) is 4.42 Å². The first-order chi connectivity index (χ1) is 12.6. The Morgan fingerprint density at radius 2 is 2.04 bits per heavy atom. The third kappa shape index (κ3) is 2.93. The summed E-state index contributed by atoms with van der Waals surface area (Å²) in [7, 11) is 1.65. The number of fused-ring (bicyclic) bond motifs is 1. The van der Waals surface area contributed by atoms with Gasteiger partial charge in [-0.05, 0) is 23.1 Å². The number of furan rings is 1. The summed E-state index contributed by atoms with van der Waals surface area (Å²) in [5.74, 6) is 0.421. The monoisotopic (exact) mass is 365 g/mol. The van der Waals surface area contributed by atoms with Crippen LogP contribution in [-0.4, -0.2) is 27.8 Å². The van der Waals surface area contributed by atoms with Crippen LogP contribution in [0.5, 0.6) is 0 Å². The fourth-order valence-electron chi connectivity index (χ4n) is 2.79. The second kappa shape index (κ2) is 6.61. The Kier molecular flexibility index (Phi) is 4.14. The largest absolute Gasteiger partial charge is 0.459 e. The van der Waals surface area contributed by atoms with E-state index in [-0.39, 0.29) is 23.8 Å². The molecule has 0 aliphatic carbocycles. The fourth-order valence-corrected chi connectivity index (χ4v) is 3.51. The molecule has 0 unspecified atom stereocenters. The van der Waals surface area contributed by atoms with Gasteiger partial charge in [0.05, 0.1) is 18.3 Å². The van der Waals surface area contributed by atoms with Crippen molar-refractivity contribution in [1.82, 2.24) is 14.9 Å². The van der Waals surface area contributed by atoms with Crippen molar-refractivity contribution in [3.63, 3.8) is 0 Å². The van der Waals surface area contributed by atoms with E-state index in [1.165, 1.54) is 22.5 Å². The van der Waals surface area contributed by atoms with Gasteiger partial charge in [-0.15, -0.1) is 11.3 Å². The average molecular weight is 365 g/mol. The van der Waals surface area contributed by atoms with Crippen molar-refractivity contribution in [2.45, 2.75) is 6.54 Å². The summed E-state index contributed by atoms with van der Waals surface area (Å²) in [6, 6.07) is 13.1. The van der Waals surface area contributed by atoms with Crippen molar-refractivity contribution in [2.75, 3.05) is 7.05 Å². The average Bonchev–Trinajstić information content (AvgIpc) is 3.31. The number of aromatic amines is 1. The van der Waals surface area contributed by atoms with Crippen LogP contribution >= 0.6 is 11.3 Å². The zero-order valence-corrected chi connectivity index (χ0v) is 14.7. The summed E-state index contributed by atoms with van der Waals surface area (Å²) in [5, 5.41) is 1.82. The molecule has 4 rings (SSSR count). The summed E-state index contributed by atoms with van der Waals surface area (Å²) in [4.78, 5) is 33.5. The Balaban J connectivity index is 1.61. The van der Waals surface area contributed by atoms with Crippen LogP contribution in [0.15, 0.2) is 63.3 Å². The van der Waals surface area contributed by atoms with Crippen molar-refractivity contribution in [3.05, 3.63) is 76.0 Å². The first-order valence-corrected chi connectivity index (χ1v) is 8.86. The predicted octanol–water partition coefficient (Wildman–Crippen LogP) is 3.52. The number of benzene rings is 1. The van der Waals surface area contributed by atoms with Crippen LogP contribution in [0.25, 0.3) is 21.3 Å². The number of carbonyl (C=O) groups excluding carboxylic acids is 1. The van der Waals surface area contributed by atoms with Crippen LogP contribution in [0.1, 0.15) is 16.4 Å². The molecule has 1 aromatic carbocycles. The summed E-state index contributed by atoms with van der Waals surface area (Å²) >= 11 is 1.34. The van der Waals surface area contributed by atoms with Crippen LogP contribution in [0.4, 0.5) is 0 Å². The molecule has 3 aromatic heterocycles. The lowest BCUT2D eigenvalue weighted by molar-refractivity contribution is 0.0751. The highest BCUT2D eigenvalue weighted by Crippen LogP contribution is 2.26. The van der Waals surface area contributed by atoms with E-state index in [1.807, 2.05) is 35.7 Å². The Morgan fingerprint density at radius 1 is 1.23 bits per heavy atom. The molecule has 0 spiro atoms. The van der Waals surface area contributed by atoms with Gasteiger partial charge < -0.3 is 14.3 Å². The topological polar surface area (TPSA) is 79.2 Å². The number of hydrogen-bond acceptors (Lipinski definition) is 5. The number of hydrogen-bond donors (Lipinski definition) is 1. The van der Waals surface area contributed by atoms with Gasteiger partial charge in [0, 0.05) is 12.6 Å². The second-order valence-corrected chi connectivity index (χ2v) is 6.75. The van der Waals surface area contributed by atoms with E-state index in [0.717, 1.165) is 11.1 Å². The maximum absolute atomic E-state index is 12.8. The van der Waals surface area contributed by atoms with Gasteiger partial charge in [-0.2, -0.15) is 0 Å². The van der Waals surface area contributed by atoms with Crippen molar-refractivity contribution in [1.29, 1.82) is 0 Å². The van der Waals surface area contributed by atoms with E-state index < -0.39 is 0 Å². The molecule has 0 bridgehead atoms. The maximum atomic E-state index is 12.8. The Morgan fingerprint density at radius 3 is 2.85 bits per heavy atom. The number of amides is 1. The number of nitrogens with one attached hydrogen (secondary N) is 1. The molecule has 0 fully saturated rings. The summed E-state index contributed by atoms with van der Waals surface area (Å²) in [6.45, 7) is 0.175. The number of thiophene rings is 1. The number of carbonyl (C=O) groups is 1. The molecule has 7 heteroatoms. The molecule has 1 amide bonds. The van der Waals surface area contributed by atoms with Gasteiger partial charge >= 0.3 is 0 Å². The van der Waals surface area contributed by atoms with Crippen LogP contribution in [0.2, 0.25) is 0 Å². The lowest BCUT2D eigenvalue weighted by atomic mass is 10.1. The molecule has 0 saturated heterocycles. The molecule has 0 aliphatic rings. The van der Waals surface area contributed by atoms with Gasteiger partial charge in [0.1, 0.15) is 10.5 Å². The van der Waals surface area contributed by atoms with Crippen molar-refractivity contribution < 1.29 is 9.21 Å². The van der Waals surface area contributed by atoms with Crippen LogP contribution < -0.4 is 5.56 Å². The first kappa shape index (κ1) is 16.3. The normalized spacial score (nSPS) is 11.0. The molecular formula is C19H15N3O3S. The standard InChI is InChI=1S/C19H15N3O3S/c1-22(11-15-20-14-8-10-26-17(14)18(23)21-15)19(24)16-13(7-9-25-16)12-5-3-2-4-6-12/h2-10H,11H2,1H3,(H,20,21,23). The Bertz CT molecular complexity index is 1130. The third-order valence-electron chi connectivity index (χ3n) is 4.04. The van der Waals surface area contributed by atoms with E-state index >= 15 is 0 Å². The van der Waals surface area contributed by atoms with E-state index in [9.17, 15) is 9.59 Å². The minimum Gasteiger partial charge on any atom is -0.459 e. The second-order valence-electron chi connectivity index (χ2n) is 5.84. The third-order valence-corrected chi connectivity index (χ3v) is 4.94. The molecule has 0 aliphatic heterocycles. The number of nitrogens with zero attached hydrogens (tertiary/aromatic N) is 2. The van der Waals surface area contributed by atoms with Gasteiger partial charge in [0.15, 0.2) is 5.76 Å². The van der Waals surface area contributed by atoms with Gasteiger partial charge in [-0.25, -0.2) is 4.98 Å². The minimum atomic E-state index is -0.276. The lowest BCUT2D eigenvalue weighted by Gasteiger charge is -2.16. The highest BCUT2D eigenvalue weighted by molar-refractivity contribution is 7.17. The van der Waals surface area contributed by atoms with Crippen LogP contribution in [0.3, 0.4) is 0 Å². The summed E-state index contributed by atoms with van der Waals surface area (Å²) < 4.78 is 6.02. The Hall–Kier alpha value is -3.19.